The van der Waals surface area contributed by atoms with Gasteiger partial charge in [-0.25, -0.2) is 4.79 Å². The number of nitrogens with zero attached hydrogens (tertiary/aromatic N) is 1. The molecule has 0 saturated heterocycles. The van der Waals surface area contributed by atoms with Crippen LogP contribution in [0.2, 0.25) is 0 Å². The number of carbonyl (C=O) groups excluding carboxylic acids is 1. The number of quaternary nitrogens is 1. The fourth-order valence-electron chi connectivity index (χ4n) is 3.78. The summed E-state index contributed by atoms with van der Waals surface area (Å²) in [6.45, 7) is 2.33. The number of benzene rings is 1. The molecule has 0 N–H and O–H groups in total. The molecule has 0 amide bonds. The Morgan fingerprint density at radius 2 is 1.77 bits per heavy atom. The van der Waals surface area contributed by atoms with Gasteiger partial charge in [-0.15, -0.1) is 0 Å². The van der Waals surface area contributed by atoms with Crippen molar-refractivity contribution in [1.29, 1.82) is 0 Å². The van der Waals surface area contributed by atoms with Gasteiger partial charge in [0.2, 0.25) is 0 Å². The van der Waals surface area contributed by atoms with Crippen LogP contribution in [0.25, 0.3) is 0 Å². The molecule has 1 unspecified atom stereocenters. The van der Waals surface area contributed by atoms with Gasteiger partial charge in [0.05, 0.1) is 31.3 Å². The molecule has 0 bridgehead atoms. The molecule has 0 spiro atoms. The van der Waals surface area contributed by atoms with Gasteiger partial charge >= 0.3 is 12.1 Å². The summed E-state index contributed by atoms with van der Waals surface area (Å²) in [6.07, 6.45) is 0.935. The number of halogens is 4. The van der Waals surface area contributed by atoms with Crippen LogP contribution in [0.5, 0.6) is 0 Å². The van der Waals surface area contributed by atoms with Crippen LogP contribution in [-0.2, 0) is 10.9 Å². The van der Waals surface area contributed by atoms with Crippen LogP contribution in [0.15, 0.2) is 24.3 Å². The third-order valence-electron chi connectivity index (χ3n) is 5.05. The first-order valence-corrected chi connectivity index (χ1v) is 8.81. The molecule has 7 heteroatoms. The molecule has 148 valence electrons. The molecule has 1 fully saturated rings. The van der Waals surface area contributed by atoms with Crippen LogP contribution in [0, 0.1) is 0 Å². The predicted octanol–water partition coefficient (Wildman–Crippen LogP) is 1.66. The predicted molar refractivity (Wildman–Crippen MR) is 90.2 cm³/mol. The van der Waals surface area contributed by atoms with Crippen LogP contribution >= 0.6 is 0 Å². The maximum atomic E-state index is 13.0. The van der Waals surface area contributed by atoms with E-state index in [0.29, 0.717) is 12.6 Å². The van der Waals surface area contributed by atoms with Gasteiger partial charge in [0.25, 0.3) is 0 Å². The lowest BCUT2D eigenvalue weighted by molar-refractivity contribution is -0.918. The van der Waals surface area contributed by atoms with Crippen molar-refractivity contribution in [3.05, 3.63) is 35.4 Å². The monoisotopic (exact) mass is 485 g/mol. The number of carbonyl (C=O) groups is 1. The number of alkyl halides is 3. The van der Waals surface area contributed by atoms with Gasteiger partial charge in [-0.2, -0.15) is 13.2 Å². The first-order valence-electron chi connectivity index (χ1n) is 8.81. The Morgan fingerprint density at radius 1 is 1.19 bits per heavy atom. The summed E-state index contributed by atoms with van der Waals surface area (Å²) < 4.78 is 45.2. The zero-order chi connectivity index (χ0) is 18.7. The Labute approximate surface area is 170 Å². The zero-order valence-electron chi connectivity index (χ0n) is 15.5. The second-order valence-corrected chi connectivity index (χ2v) is 7.51. The van der Waals surface area contributed by atoms with Crippen molar-refractivity contribution in [3.8, 4) is 0 Å². The van der Waals surface area contributed by atoms with E-state index < -0.39 is 29.4 Å². The second kappa shape index (κ2) is 9.39. The normalized spacial score (nSPS) is 17.3. The average Bonchev–Trinajstić information content (AvgIpc) is 2.54. The van der Waals surface area contributed by atoms with Crippen molar-refractivity contribution in [2.75, 3.05) is 20.6 Å². The van der Waals surface area contributed by atoms with Gasteiger partial charge in [-0.3, -0.25) is 0 Å². The summed E-state index contributed by atoms with van der Waals surface area (Å²) in [5.74, 6) is -0.913. The van der Waals surface area contributed by atoms with Crippen molar-refractivity contribution in [2.24, 2.45) is 0 Å². The highest BCUT2D eigenvalue weighted by Crippen LogP contribution is 2.32. The van der Waals surface area contributed by atoms with E-state index in [1.165, 1.54) is 37.5 Å². The van der Waals surface area contributed by atoms with Crippen LogP contribution in [0.1, 0.15) is 54.9 Å². The molecule has 1 aliphatic carbocycles. The summed E-state index contributed by atoms with van der Waals surface area (Å²) in [5.41, 5.74) is -1.38. The standard InChI is InChI=1S/C19H27F3NO2.HI/c1-14(13-23(2,3)15-9-5-4-6-10-15)25-18(24)16-11-7-8-12-17(16)19(20,21)22;/h7-8,11-12,14-15H,4-6,9-10,13H2,1-3H3;1H/q+1;/p-1. The Bertz CT molecular complexity index is 599. The molecular weight excluding hydrogens is 458 g/mol. The number of esters is 1. The maximum Gasteiger partial charge on any atom is 0.417 e. The van der Waals surface area contributed by atoms with E-state index in [1.54, 1.807) is 6.92 Å². The summed E-state index contributed by atoms with van der Waals surface area (Å²) in [4.78, 5) is 12.3. The number of ether oxygens (including phenoxy) is 1. The molecular formula is C19H27F3INO2. The lowest BCUT2D eigenvalue weighted by Gasteiger charge is -2.41. The lowest BCUT2D eigenvalue weighted by Crippen LogP contribution is -3.00. The minimum absolute atomic E-state index is 0. The van der Waals surface area contributed by atoms with E-state index in [9.17, 15) is 18.0 Å². The van der Waals surface area contributed by atoms with Crippen LogP contribution in [-0.4, -0.2) is 43.2 Å². The van der Waals surface area contributed by atoms with Crippen molar-refractivity contribution < 1.29 is 51.2 Å². The van der Waals surface area contributed by atoms with E-state index in [2.05, 4.69) is 14.1 Å². The molecule has 0 heterocycles. The van der Waals surface area contributed by atoms with Gasteiger partial charge in [-0.05, 0) is 44.7 Å². The zero-order valence-corrected chi connectivity index (χ0v) is 17.6. The number of likely N-dealkylation sites (N-methyl/N-ethyl adjacent to an activating group) is 1. The third-order valence-corrected chi connectivity index (χ3v) is 5.05. The lowest BCUT2D eigenvalue weighted by atomic mass is 9.93. The minimum Gasteiger partial charge on any atom is -1.00 e. The molecule has 0 radical (unpaired) electrons. The van der Waals surface area contributed by atoms with Crippen molar-refractivity contribution in [3.63, 3.8) is 0 Å². The van der Waals surface area contributed by atoms with Gasteiger partial charge in [0.1, 0.15) is 12.6 Å². The quantitative estimate of drug-likeness (QED) is 0.361. The first-order chi connectivity index (χ1) is 11.6. The molecule has 1 aromatic carbocycles. The molecule has 3 nitrogen and oxygen atoms in total. The third kappa shape index (κ3) is 6.11. The van der Waals surface area contributed by atoms with Crippen molar-refractivity contribution >= 4 is 5.97 Å². The molecule has 1 saturated carbocycles. The highest BCUT2D eigenvalue weighted by Gasteiger charge is 2.36. The maximum absolute atomic E-state index is 13.0. The second-order valence-electron chi connectivity index (χ2n) is 7.51. The topological polar surface area (TPSA) is 26.3 Å². The smallest absolute Gasteiger partial charge is 0.417 e. The van der Waals surface area contributed by atoms with Gasteiger partial charge in [0, 0.05) is 0 Å². The van der Waals surface area contributed by atoms with Gasteiger partial charge in [-0.1, -0.05) is 18.6 Å². The number of hydrogen-bond donors (Lipinski definition) is 0. The molecule has 1 aliphatic rings. The van der Waals surface area contributed by atoms with E-state index in [0.717, 1.165) is 23.4 Å². The first kappa shape index (κ1) is 23.2. The SMILES string of the molecule is CC(C[N+](C)(C)C1CCCCC1)OC(=O)c1ccccc1C(F)(F)F.[I-]. The summed E-state index contributed by atoms with van der Waals surface area (Å²) in [5, 5.41) is 0. The summed E-state index contributed by atoms with van der Waals surface area (Å²) in [6, 6.07) is 5.27. The molecule has 0 aliphatic heterocycles. The molecule has 0 aromatic heterocycles. The van der Waals surface area contributed by atoms with E-state index in [4.69, 9.17) is 4.74 Å². The minimum atomic E-state index is -4.57. The molecule has 26 heavy (non-hydrogen) atoms. The Hall–Kier alpha value is -0.830. The summed E-state index contributed by atoms with van der Waals surface area (Å²) in [7, 11) is 4.20. The van der Waals surface area contributed by atoms with E-state index in [-0.39, 0.29) is 24.0 Å². The Balaban J connectivity index is 0.00000338. The molecule has 1 atom stereocenters. The largest absolute Gasteiger partial charge is 1.00 e. The van der Waals surface area contributed by atoms with E-state index in [1.807, 2.05) is 0 Å². The fourth-order valence-corrected chi connectivity index (χ4v) is 3.78. The molecule has 1 aromatic rings. The highest BCUT2D eigenvalue weighted by atomic mass is 127. The van der Waals surface area contributed by atoms with Gasteiger partial charge in [0.15, 0.2) is 0 Å². The Morgan fingerprint density at radius 3 is 2.35 bits per heavy atom. The average molecular weight is 485 g/mol. The van der Waals surface area contributed by atoms with Crippen molar-refractivity contribution in [2.45, 2.75) is 57.3 Å². The van der Waals surface area contributed by atoms with Crippen LogP contribution in [0.4, 0.5) is 13.2 Å². The Kier molecular flexibility index (Phi) is 8.38. The van der Waals surface area contributed by atoms with Crippen LogP contribution in [0.3, 0.4) is 0 Å². The fraction of sp³-hybridized carbons (Fsp3) is 0.632. The van der Waals surface area contributed by atoms with Crippen molar-refractivity contribution in [1.82, 2.24) is 0 Å². The highest BCUT2D eigenvalue weighted by molar-refractivity contribution is 5.91. The summed E-state index contributed by atoms with van der Waals surface area (Å²) >= 11 is 0. The van der Waals surface area contributed by atoms with Gasteiger partial charge < -0.3 is 33.2 Å². The van der Waals surface area contributed by atoms with E-state index >= 15 is 0 Å². The number of rotatable bonds is 5. The molecule has 2 rings (SSSR count). The number of hydrogen-bond acceptors (Lipinski definition) is 2. The van der Waals surface area contributed by atoms with Crippen LogP contribution < -0.4 is 24.0 Å².